The molecule has 0 aliphatic carbocycles. The van der Waals surface area contributed by atoms with Crippen molar-refractivity contribution in [2.45, 2.75) is 12.1 Å². The van der Waals surface area contributed by atoms with Crippen LogP contribution in [-0.2, 0) is 7.05 Å². The Kier molecular flexibility index (Phi) is 3.98. The van der Waals surface area contributed by atoms with Gasteiger partial charge in [-0.15, -0.1) is 5.10 Å². The Bertz CT molecular complexity index is 482. The summed E-state index contributed by atoms with van der Waals surface area (Å²) in [5.74, 6) is 0.933. The molecule has 2 aromatic rings. The van der Waals surface area contributed by atoms with E-state index in [1.165, 1.54) is 11.3 Å². The second-order valence-corrected chi connectivity index (χ2v) is 4.74. The van der Waals surface area contributed by atoms with Crippen LogP contribution in [0.15, 0.2) is 29.4 Å². The zero-order valence-electron chi connectivity index (χ0n) is 9.92. The summed E-state index contributed by atoms with van der Waals surface area (Å²) < 4.78 is 1.68. The molecule has 0 amide bonds. The number of rotatable bonds is 5. The molecule has 90 valence electrons. The van der Waals surface area contributed by atoms with Crippen LogP contribution in [0.5, 0.6) is 0 Å². The number of anilines is 1. The van der Waals surface area contributed by atoms with Crippen molar-refractivity contribution >= 4 is 17.4 Å². The molecular weight excluding hydrogens is 234 g/mol. The van der Waals surface area contributed by atoms with Crippen molar-refractivity contribution < 1.29 is 0 Å². The average Bonchev–Trinajstić information content (AvgIpc) is 2.73. The van der Waals surface area contributed by atoms with E-state index in [1.807, 2.05) is 19.2 Å². The predicted octanol–water partition coefficient (Wildman–Crippen LogP) is 1.72. The molecule has 0 aliphatic heterocycles. The monoisotopic (exact) mass is 249 g/mol. The number of aryl methyl sites for hydroxylation is 2. The maximum absolute atomic E-state index is 3.91. The van der Waals surface area contributed by atoms with Crippen molar-refractivity contribution in [1.29, 1.82) is 0 Å². The number of tetrazole rings is 1. The molecule has 0 aliphatic rings. The summed E-state index contributed by atoms with van der Waals surface area (Å²) in [5, 5.41) is 15.5. The van der Waals surface area contributed by atoms with Gasteiger partial charge in [0.2, 0.25) is 5.16 Å². The van der Waals surface area contributed by atoms with Crippen LogP contribution < -0.4 is 5.32 Å². The molecule has 1 heterocycles. The van der Waals surface area contributed by atoms with Gasteiger partial charge in [0, 0.05) is 25.0 Å². The van der Waals surface area contributed by atoms with Gasteiger partial charge < -0.3 is 5.32 Å². The predicted molar refractivity (Wildman–Crippen MR) is 69.2 cm³/mol. The highest BCUT2D eigenvalue weighted by atomic mass is 32.2. The Morgan fingerprint density at radius 3 is 2.88 bits per heavy atom. The highest BCUT2D eigenvalue weighted by Crippen LogP contribution is 2.15. The lowest BCUT2D eigenvalue weighted by molar-refractivity contribution is 0.664. The Morgan fingerprint density at radius 1 is 1.35 bits per heavy atom. The van der Waals surface area contributed by atoms with Crippen molar-refractivity contribution in [3.63, 3.8) is 0 Å². The minimum Gasteiger partial charge on any atom is -0.384 e. The van der Waals surface area contributed by atoms with E-state index >= 15 is 0 Å². The van der Waals surface area contributed by atoms with Crippen LogP contribution in [-0.4, -0.2) is 32.5 Å². The van der Waals surface area contributed by atoms with Gasteiger partial charge in [0.1, 0.15) is 0 Å². The van der Waals surface area contributed by atoms with Crippen molar-refractivity contribution in [1.82, 2.24) is 20.2 Å². The van der Waals surface area contributed by atoms with E-state index in [9.17, 15) is 0 Å². The smallest absolute Gasteiger partial charge is 0.209 e. The molecule has 5 nitrogen and oxygen atoms in total. The fourth-order valence-corrected chi connectivity index (χ4v) is 2.15. The SMILES string of the molecule is Cc1ccccc1NCCSc1nnnn1C. The first-order chi connectivity index (χ1) is 8.27. The lowest BCUT2D eigenvalue weighted by Crippen LogP contribution is -2.06. The number of hydrogen-bond donors (Lipinski definition) is 1. The summed E-state index contributed by atoms with van der Waals surface area (Å²) in [4.78, 5) is 0. The quantitative estimate of drug-likeness (QED) is 0.646. The molecule has 1 aromatic heterocycles. The van der Waals surface area contributed by atoms with Crippen LogP contribution in [0, 0.1) is 6.92 Å². The van der Waals surface area contributed by atoms with E-state index < -0.39 is 0 Å². The van der Waals surface area contributed by atoms with E-state index in [1.54, 1.807) is 16.4 Å². The molecule has 0 fully saturated rings. The third kappa shape index (κ3) is 3.20. The molecule has 0 unspecified atom stereocenters. The number of aromatic nitrogens is 4. The van der Waals surface area contributed by atoms with Crippen LogP contribution in [0.2, 0.25) is 0 Å². The first kappa shape index (κ1) is 11.9. The molecule has 0 saturated carbocycles. The Labute approximate surface area is 105 Å². The van der Waals surface area contributed by atoms with E-state index in [0.717, 1.165) is 17.5 Å². The molecular formula is C11H15N5S. The van der Waals surface area contributed by atoms with E-state index in [2.05, 4.69) is 39.9 Å². The highest BCUT2D eigenvalue weighted by Gasteiger charge is 2.02. The van der Waals surface area contributed by atoms with Crippen LogP contribution in [0.1, 0.15) is 5.56 Å². The lowest BCUT2D eigenvalue weighted by Gasteiger charge is -2.08. The normalized spacial score (nSPS) is 10.5. The third-order valence-corrected chi connectivity index (χ3v) is 3.39. The fourth-order valence-electron chi connectivity index (χ4n) is 1.44. The maximum atomic E-state index is 3.91. The van der Waals surface area contributed by atoms with Crippen molar-refractivity contribution in [3.05, 3.63) is 29.8 Å². The van der Waals surface area contributed by atoms with Crippen molar-refractivity contribution in [2.24, 2.45) is 7.05 Å². The zero-order valence-corrected chi connectivity index (χ0v) is 10.7. The summed E-state index contributed by atoms with van der Waals surface area (Å²) in [5.41, 5.74) is 2.45. The summed E-state index contributed by atoms with van der Waals surface area (Å²) >= 11 is 1.64. The van der Waals surface area contributed by atoms with Crippen molar-refractivity contribution in [2.75, 3.05) is 17.6 Å². The molecule has 17 heavy (non-hydrogen) atoms. The van der Waals surface area contributed by atoms with Gasteiger partial charge in [-0.1, -0.05) is 30.0 Å². The van der Waals surface area contributed by atoms with Gasteiger partial charge in [-0.2, -0.15) is 0 Å². The summed E-state index contributed by atoms with van der Waals surface area (Å²) in [6.07, 6.45) is 0. The minimum absolute atomic E-state index is 0.844. The summed E-state index contributed by atoms with van der Waals surface area (Å²) in [7, 11) is 1.84. The molecule has 2 rings (SSSR count). The van der Waals surface area contributed by atoms with E-state index in [4.69, 9.17) is 0 Å². The van der Waals surface area contributed by atoms with Gasteiger partial charge in [0.25, 0.3) is 0 Å². The first-order valence-corrected chi connectivity index (χ1v) is 6.40. The first-order valence-electron chi connectivity index (χ1n) is 5.42. The molecule has 0 saturated heterocycles. The lowest BCUT2D eigenvalue weighted by atomic mass is 10.2. The molecule has 0 radical (unpaired) electrons. The van der Waals surface area contributed by atoms with Gasteiger partial charge in [-0.05, 0) is 29.0 Å². The largest absolute Gasteiger partial charge is 0.384 e. The molecule has 0 spiro atoms. The third-order valence-electron chi connectivity index (χ3n) is 2.38. The van der Waals surface area contributed by atoms with Crippen LogP contribution in [0.3, 0.4) is 0 Å². The molecule has 6 heteroatoms. The molecule has 1 N–H and O–H groups in total. The minimum atomic E-state index is 0.844. The second kappa shape index (κ2) is 5.67. The van der Waals surface area contributed by atoms with Gasteiger partial charge in [-0.25, -0.2) is 4.68 Å². The molecule has 0 atom stereocenters. The zero-order chi connectivity index (χ0) is 12.1. The second-order valence-electron chi connectivity index (χ2n) is 3.68. The molecule has 0 bridgehead atoms. The topological polar surface area (TPSA) is 55.6 Å². The van der Waals surface area contributed by atoms with Gasteiger partial charge >= 0.3 is 0 Å². The van der Waals surface area contributed by atoms with Crippen LogP contribution in [0.25, 0.3) is 0 Å². The Balaban J connectivity index is 1.77. The van der Waals surface area contributed by atoms with E-state index in [-0.39, 0.29) is 0 Å². The van der Waals surface area contributed by atoms with Crippen LogP contribution in [0.4, 0.5) is 5.69 Å². The van der Waals surface area contributed by atoms with Gasteiger partial charge in [-0.3, -0.25) is 0 Å². The number of hydrogen-bond acceptors (Lipinski definition) is 5. The highest BCUT2D eigenvalue weighted by molar-refractivity contribution is 7.99. The van der Waals surface area contributed by atoms with Crippen molar-refractivity contribution in [3.8, 4) is 0 Å². The van der Waals surface area contributed by atoms with Crippen LogP contribution >= 0.6 is 11.8 Å². The maximum Gasteiger partial charge on any atom is 0.209 e. The summed E-state index contributed by atoms with van der Waals surface area (Å²) in [6.45, 7) is 2.99. The number of nitrogens with one attached hydrogen (secondary N) is 1. The number of para-hydroxylation sites is 1. The van der Waals surface area contributed by atoms with Gasteiger partial charge in [0.15, 0.2) is 0 Å². The Hall–Kier alpha value is -1.56. The van der Waals surface area contributed by atoms with E-state index in [0.29, 0.717) is 0 Å². The Morgan fingerprint density at radius 2 is 2.18 bits per heavy atom. The number of nitrogens with zero attached hydrogens (tertiary/aromatic N) is 4. The average molecular weight is 249 g/mol. The summed E-state index contributed by atoms with van der Waals surface area (Å²) in [6, 6.07) is 8.27. The van der Waals surface area contributed by atoms with Gasteiger partial charge in [0.05, 0.1) is 0 Å². The number of thioether (sulfide) groups is 1. The molecule has 1 aromatic carbocycles. The fraction of sp³-hybridized carbons (Fsp3) is 0.364. The number of benzene rings is 1. The standard InChI is InChI=1S/C11H15N5S/c1-9-5-3-4-6-10(9)12-7-8-17-11-13-14-15-16(11)2/h3-6,12H,7-8H2,1-2H3.